The smallest absolute Gasteiger partial charge is 0.315 e. The molecule has 0 amide bonds. The van der Waals surface area contributed by atoms with E-state index < -0.39 is 0 Å². The molecule has 0 radical (unpaired) electrons. The molecule has 1 atom stereocenters. The molecule has 1 unspecified atom stereocenters. The number of ether oxygens (including phenoxy) is 1. The van der Waals surface area contributed by atoms with E-state index in [9.17, 15) is 0 Å². The number of nitrogens with zero attached hydrogens (tertiary/aromatic N) is 2. The predicted molar refractivity (Wildman–Crippen MR) is 66.2 cm³/mol. The maximum Gasteiger partial charge on any atom is 0.315 e. The summed E-state index contributed by atoms with van der Waals surface area (Å²) in [5.41, 5.74) is 0. The van der Waals surface area contributed by atoms with Crippen LogP contribution in [0.2, 0.25) is 0 Å². The summed E-state index contributed by atoms with van der Waals surface area (Å²) >= 11 is 0. The molecule has 100 valence electrons. The summed E-state index contributed by atoms with van der Waals surface area (Å²) in [6, 6.07) is 1.15. The van der Waals surface area contributed by atoms with Crippen LogP contribution in [0.15, 0.2) is 4.42 Å². The Morgan fingerprint density at radius 2 is 2.11 bits per heavy atom. The number of nitrogens with one attached hydrogen (secondary N) is 2. The van der Waals surface area contributed by atoms with Crippen molar-refractivity contribution in [3.05, 3.63) is 5.89 Å². The summed E-state index contributed by atoms with van der Waals surface area (Å²) < 4.78 is 11.1. The van der Waals surface area contributed by atoms with Crippen LogP contribution in [0.3, 0.4) is 0 Å². The fourth-order valence-corrected chi connectivity index (χ4v) is 2.09. The fraction of sp³-hybridized carbons (Fsp3) is 0.833. The van der Waals surface area contributed by atoms with Crippen LogP contribution in [-0.4, -0.2) is 35.5 Å². The third-order valence-corrected chi connectivity index (χ3v) is 3.34. The topological polar surface area (TPSA) is 72.2 Å². The standard InChI is InChI=1S/C12H20N4O2/c1-2-6-17-10(3-1)7-14-12-16-15-11(18-12)8-13-9-4-5-9/h9-10,13H,1-8H2,(H,14,16). The van der Waals surface area contributed by atoms with E-state index in [0.29, 0.717) is 24.5 Å². The van der Waals surface area contributed by atoms with Crippen molar-refractivity contribution < 1.29 is 9.15 Å². The van der Waals surface area contributed by atoms with Crippen LogP contribution in [0.5, 0.6) is 0 Å². The second-order valence-corrected chi connectivity index (χ2v) is 5.03. The Hall–Kier alpha value is -1.14. The first-order valence-corrected chi connectivity index (χ1v) is 6.81. The fourth-order valence-electron chi connectivity index (χ4n) is 2.09. The highest BCUT2D eigenvalue weighted by Gasteiger charge is 2.21. The lowest BCUT2D eigenvalue weighted by molar-refractivity contribution is 0.0244. The quantitative estimate of drug-likeness (QED) is 0.795. The SMILES string of the molecule is C1CCC(CNc2nnc(CNC3CC3)o2)OC1. The van der Waals surface area contributed by atoms with E-state index in [1.807, 2.05) is 0 Å². The van der Waals surface area contributed by atoms with E-state index in [2.05, 4.69) is 20.8 Å². The highest BCUT2D eigenvalue weighted by Crippen LogP contribution is 2.19. The molecule has 0 spiro atoms. The molecule has 1 aromatic rings. The van der Waals surface area contributed by atoms with Crippen molar-refractivity contribution in [3.8, 4) is 0 Å². The first-order chi connectivity index (χ1) is 8.90. The minimum absolute atomic E-state index is 0.277. The maximum absolute atomic E-state index is 5.63. The summed E-state index contributed by atoms with van der Waals surface area (Å²) in [5, 5.41) is 14.5. The van der Waals surface area contributed by atoms with Gasteiger partial charge in [0, 0.05) is 19.2 Å². The Balaban J connectivity index is 1.41. The van der Waals surface area contributed by atoms with Gasteiger partial charge in [0.1, 0.15) is 0 Å². The Kier molecular flexibility index (Phi) is 3.75. The third kappa shape index (κ3) is 3.43. The van der Waals surface area contributed by atoms with Gasteiger partial charge < -0.3 is 19.8 Å². The van der Waals surface area contributed by atoms with Gasteiger partial charge in [0.05, 0.1) is 12.6 Å². The molecular formula is C12H20N4O2. The van der Waals surface area contributed by atoms with Gasteiger partial charge in [-0.2, -0.15) is 0 Å². The monoisotopic (exact) mass is 252 g/mol. The average molecular weight is 252 g/mol. The van der Waals surface area contributed by atoms with Crippen LogP contribution in [0, 0.1) is 0 Å². The number of hydrogen-bond acceptors (Lipinski definition) is 6. The van der Waals surface area contributed by atoms with E-state index in [-0.39, 0.29) is 6.10 Å². The van der Waals surface area contributed by atoms with E-state index in [1.165, 1.54) is 25.7 Å². The highest BCUT2D eigenvalue weighted by molar-refractivity contribution is 5.17. The maximum atomic E-state index is 5.63. The van der Waals surface area contributed by atoms with Gasteiger partial charge in [-0.05, 0) is 32.1 Å². The molecule has 0 bridgehead atoms. The number of aromatic nitrogens is 2. The lowest BCUT2D eigenvalue weighted by Gasteiger charge is -2.22. The van der Waals surface area contributed by atoms with Crippen molar-refractivity contribution in [2.45, 2.75) is 50.8 Å². The molecular weight excluding hydrogens is 232 g/mol. The van der Waals surface area contributed by atoms with Crippen LogP contribution < -0.4 is 10.6 Å². The van der Waals surface area contributed by atoms with Crippen LogP contribution in [0.25, 0.3) is 0 Å². The molecule has 1 aliphatic heterocycles. The minimum atomic E-state index is 0.277. The van der Waals surface area contributed by atoms with Gasteiger partial charge in [0.2, 0.25) is 5.89 Å². The second kappa shape index (κ2) is 5.67. The Bertz CT molecular complexity index is 372. The molecule has 2 aliphatic rings. The number of anilines is 1. The van der Waals surface area contributed by atoms with Gasteiger partial charge >= 0.3 is 6.01 Å². The van der Waals surface area contributed by atoms with Crippen molar-refractivity contribution >= 4 is 6.01 Å². The first kappa shape index (κ1) is 11.9. The normalized spacial score (nSPS) is 24.1. The van der Waals surface area contributed by atoms with E-state index >= 15 is 0 Å². The van der Waals surface area contributed by atoms with Crippen molar-refractivity contribution in [2.24, 2.45) is 0 Å². The zero-order chi connectivity index (χ0) is 12.2. The molecule has 1 saturated heterocycles. The molecule has 6 heteroatoms. The highest BCUT2D eigenvalue weighted by atomic mass is 16.5. The van der Waals surface area contributed by atoms with Gasteiger partial charge in [0.15, 0.2) is 0 Å². The molecule has 1 saturated carbocycles. The van der Waals surface area contributed by atoms with Crippen LogP contribution in [0.1, 0.15) is 38.0 Å². The Morgan fingerprint density at radius 3 is 2.89 bits per heavy atom. The minimum Gasteiger partial charge on any atom is -0.407 e. The number of hydrogen-bond donors (Lipinski definition) is 2. The average Bonchev–Trinajstić information content (AvgIpc) is 3.14. The second-order valence-electron chi connectivity index (χ2n) is 5.03. The van der Waals surface area contributed by atoms with E-state index in [4.69, 9.17) is 9.15 Å². The predicted octanol–water partition coefficient (Wildman–Crippen LogP) is 1.30. The van der Waals surface area contributed by atoms with Crippen molar-refractivity contribution in [3.63, 3.8) is 0 Å². The summed E-state index contributed by atoms with van der Waals surface area (Å²) in [6.45, 7) is 2.28. The van der Waals surface area contributed by atoms with Crippen LogP contribution in [0.4, 0.5) is 6.01 Å². The zero-order valence-corrected chi connectivity index (χ0v) is 10.5. The van der Waals surface area contributed by atoms with Crippen LogP contribution >= 0.6 is 0 Å². The number of rotatable bonds is 6. The van der Waals surface area contributed by atoms with Gasteiger partial charge in [-0.1, -0.05) is 5.10 Å². The molecule has 2 heterocycles. The molecule has 2 N–H and O–H groups in total. The van der Waals surface area contributed by atoms with E-state index in [1.54, 1.807) is 0 Å². The molecule has 1 aromatic heterocycles. The zero-order valence-electron chi connectivity index (χ0n) is 10.5. The van der Waals surface area contributed by atoms with E-state index in [0.717, 1.165) is 19.6 Å². The van der Waals surface area contributed by atoms with Gasteiger partial charge in [0.25, 0.3) is 0 Å². The Labute approximate surface area is 106 Å². The van der Waals surface area contributed by atoms with Gasteiger partial charge in [-0.15, -0.1) is 5.10 Å². The molecule has 18 heavy (non-hydrogen) atoms. The van der Waals surface area contributed by atoms with Crippen molar-refractivity contribution in [1.29, 1.82) is 0 Å². The van der Waals surface area contributed by atoms with Gasteiger partial charge in [-0.25, -0.2) is 0 Å². The molecule has 1 aliphatic carbocycles. The van der Waals surface area contributed by atoms with Crippen LogP contribution in [-0.2, 0) is 11.3 Å². The largest absolute Gasteiger partial charge is 0.407 e. The Morgan fingerprint density at radius 1 is 1.17 bits per heavy atom. The summed E-state index contributed by atoms with van der Waals surface area (Å²) in [5.74, 6) is 0.647. The lowest BCUT2D eigenvalue weighted by Crippen LogP contribution is -2.27. The first-order valence-electron chi connectivity index (χ1n) is 6.81. The summed E-state index contributed by atoms with van der Waals surface area (Å²) in [6.07, 6.45) is 6.33. The van der Waals surface area contributed by atoms with Gasteiger partial charge in [-0.3, -0.25) is 0 Å². The summed E-state index contributed by atoms with van der Waals surface area (Å²) in [7, 11) is 0. The summed E-state index contributed by atoms with van der Waals surface area (Å²) in [4.78, 5) is 0. The van der Waals surface area contributed by atoms with Crippen molar-refractivity contribution in [2.75, 3.05) is 18.5 Å². The van der Waals surface area contributed by atoms with Crippen molar-refractivity contribution in [1.82, 2.24) is 15.5 Å². The molecule has 6 nitrogen and oxygen atoms in total. The molecule has 3 rings (SSSR count). The third-order valence-electron chi connectivity index (χ3n) is 3.34. The molecule has 0 aromatic carbocycles. The molecule has 2 fully saturated rings. The lowest BCUT2D eigenvalue weighted by atomic mass is 10.1.